The number of hydrogen-bond acceptors (Lipinski definition) is 4. The van der Waals surface area contributed by atoms with Gasteiger partial charge in [-0.15, -0.1) is 0 Å². The number of rotatable bonds is 2. The normalized spacial score (nSPS) is 18.6. The van der Waals surface area contributed by atoms with Crippen molar-refractivity contribution in [2.24, 2.45) is 0 Å². The Bertz CT molecular complexity index is 394. The first kappa shape index (κ1) is 9.08. The van der Waals surface area contributed by atoms with Crippen molar-refractivity contribution in [1.29, 1.82) is 0 Å². The molecular formula is C9H7NO3S. The van der Waals surface area contributed by atoms with E-state index in [0.717, 1.165) is 0 Å². The minimum atomic E-state index is -0.236. The lowest BCUT2D eigenvalue weighted by Crippen LogP contribution is -2.14. The summed E-state index contributed by atoms with van der Waals surface area (Å²) in [7, 11) is 0. The van der Waals surface area contributed by atoms with Gasteiger partial charge >= 0.3 is 0 Å². The summed E-state index contributed by atoms with van der Waals surface area (Å²) in [5.41, 5.74) is 0. The maximum absolute atomic E-state index is 11.4. The summed E-state index contributed by atoms with van der Waals surface area (Å²) in [4.78, 5) is 22.2. The molecular weight excluding hydrogens is 202 g/mol. The van der Waals surface area contributed by atoms with Crippen LogP contribution >= 0.6 is 11.8 Å². The minimum absolute atomic E-state index is 0.0755. The molecule has 1 aromatic rings. The molecule has 0 aliphatic carbocycles. The highest BCUT2D eigenvalue weighted by atomic mass is 32.2. The average Bonchev–Trinajstić information content (AvgIpc) is 2.75. The molecule has 4 nitrogen and oxygen atoms in total. The van der Waals surface area contributed by atoms with E-state index in [-0.39, 0.29) is 17.5 Å². The van der Waals surface area contributed by atoms with Crippen LogP contribution < -0.4 is 5.32 Å². The Morgan fingerprint density at radius 2 is 2.50 bits per heavy atom. The highest BCUT2D eigenvalue weighted by Crippen LogP contribution is 2.19. The standard InChI is InChI=1S/C9H7NO3S/c11-6(7-2-1-3-13-7)4-9-10-8(12)5-14-9/h1-4H,5H2,(H,10,12)/b9-4-. The third-order valence-corrected chi connectivity index (χ3v) is 2.59. The summed E-state index contributed by atoms with van der Waals surface area (Å²) in [6.07, 6.45) is 2.81. The van der Waals surface area contributed by atoms with E-state index in [4.69, 9.17) is 4.42 Å². The van der Waals surface area contributed by atoms with E-state index in [2.05, 4.69) is 5.32 Å². The van der Waals surface area contributed by atoms with Crippen molar-refractivity contribution in [3.8, 4) is 0 Å². The van der Waals surface area contributed by atoms with E-state index in [0.29, 0.717) is 10.8 Å². The number of thioether (sulfide) groups is 1. The third-order valence-electron chi connectivity index (χ3n) is 1.65. The third kappa shape index (κ3) is 1.88. The van der Waals surface area contributed by atoms with Gasteiger partial charge in [0, 0.05) is 6.08 Å². The molecule has 2 rings (SSSR count). The van der Waals surface area contributed by atoms with Gasteiger partial charge in [0.15, 0.2) is 5.76 Å². The number of carbonyl (C=O) groups is 2. The lowest BCUT2D eigenvalue weighted by Gasteiger charge is -1.93. The zero-order valence-corrected chi connectivity index (χ0v) is 7.97. The first-order valence-corrected chi connectivity index (χ1v) is 4.96. The van der Waals surface area contributed by atoms with Gasteiger partial charge in [-0.25, -0.2) is 0 Å². The van der Waals surface area contributed by atoms with Crippen LogP contribution in [-0.4, -0.2) is 17.4 Å². The monoisotopic (exact) mass is 209 g/mol. The minimum Gasteiger partial charge on any atom is -0.461 e. The molecule has 72 valence electrons. The number of furan rings is 1. The lowest BCUT2D eigenvalue weighted by molar-refractivity contribution is -0.117. The van der Waals surface area contributed by atoms with Crippen molar-refractivity contribution in [2.45, 2.75) is 0 Å². The topological polar surface area (TPSA) is 59.3 Å². The van der Waals surface area contributed by atoms with E-state index >= 15 is 0 Å². The summed E-state index contributed by atoms with van der Waals surface area (Å²) >= 11 is 1.31. The second-order valence-corrected chi connectivity index (χ2v) is 3.70. The van der Waals surface area contributed by atoms with Crippen LogP contribution in [0.2, 0.25) is 0 Å². The van der Waals surface area contributed by atoms with Gasteiger partial charge in [-0.1, -0.05) is 11.8 Å². The fourth-order valence-electron chi connectivity index (χ4n) is 1.04. The van der Waals surface area contributed by atoms with Crippen molar-refractivity contribution < 1.29 is 14.0 Å². The molecule has 0 aromatic carbocycles. The molecule has 14 heavy (non-hydrogen) atoms. The SMILES string of the molecule is O=C1CS/C(=C\C(=O)c2ccco2)N1. The van der Waals surface area contributed by atoms with Gasteiger partial charge in [0.2, 0.25) is 11.7 Å². The molecule has 1 saturated heterocycles. The highest BCUT2D eigenvalue weighted by molar-refractivity contribution is 8.04. The number of nitrogens with one attached hydrogen (secondary N) is 1. The van der Waals surface area contributed by atoms with E-state index < -0.39 is 0 Å². The van der Waals surface area contributed by atoms with Crippen LogP contribution in [0.3, 0.4) is 0 Å². The maximum atomic E-state index is 11.4. The van der Waals surface area contributed by atoms with Gasteiger partial charge in [-0.3, -0.25) is 9.59 Å². The Morgan fingerprint density at radius 1 is 1.64 bits per heavy atom. The first-order chi connectivity index (χ1) is 6.75. The van der Waals surface area contributed by atoms with Crippen LogP contribution in [0.4, 0.5) is 0 Å². The second kappa shape index (κ2) is 3.71. The van der Waals surface area contributed by atoms with Crippen molar-refractivity contribution >= 4 is 23.5 Å². The Balaban J connectivity index is 2.11. The molecule has 0 unspecified atom stereocenters. The Morgan fingerprint density at radius 3 is 3.07 bits per heavy atom. The quantitative estimate of drug-likeness (QED) is 0.586. The van der Waals surface area contributed by atoms with Crippen molar-refractivity contribution in [3.05, 3.63) is 35.3 Å². The lowest BCUT2D eigenvalue weighted by atomic mass is 10.3. The molecule has 0 spiro atoms. The number of ketones is 1. The van der Waals surface area contributed by atoms with E-state index in [1.54, 1.807) is 12.1 Å². The summed E-state index contributed by atoms with van der Waals surface area (Å²) in [6.45, 7) is 0. The predicted molar refractivity (Wildman–Crippen MR) is 51.7 cm³/mol. The number of allylic oxidation sites excluding steroid dienone is 1. The van der Waals surface area contributed by atoms with Gasteiger partial charge in [0.1, 0.15) is 0 Å². The van der Waals surface area contributed by atoms with E-state index in [1.165, 1.54) is 24.1 Å². The molecule has 1 fully saturated rings. The van der Waals surface area contributed by atoms with Crippen molar-refractivity contribution in [1.82, 2.24) is 5.32 Å². The molecule has 0 atom stereocenters. The van der Waals surface area contributed by atoms with Crippen LogP contribution in [-0.2, 0) is 4.79 Å². The summed E-state index contributed by atoms with van der Waals surface area (Å²) < 4.78 is 4.92. The van der Waals surface area contributed by atoms with Crippen LogP contribution in [0.5, 0.6) is 0 Å². The molecule has 2 heterocycles. The maximum Gasteiger partial charge on any atom is 0.235 e. The fourth-order valence-corrected chi connectivity index (χ4v) is 1.77. The Kier molecular flexibility index (Phi) is 2.41. The van der Waals surface area contributed by atoms with Crippen LogP contribution in [0.1, 0.15) is 10.6 Å². The zero-order chi connectivity index (χ0) is 9.97. The largest absolute Gasteiger partial charge is 0.461 e. The Hall–Kier alpha value is -1.49. The predicted octanol–water partition coefficient (Wildman–Crippen LogP) is 1.17. The van der Waals surface area contributed by atoms with Crippen molar-refractivity contribution in [2.75, 3.05) is 5.75 Å². The van der Waals surface area contributed by atoms with Gasteiger partial charge in [-0.05, 0) is 12.1 Å². The van der Waals surface area contributed by atoms with E-state index in [1.807, 2.05) is 0 Å². The number of carbonyl (C=O) groups excluding carboxylic acids is 2. The summed E-state index contributed by atoms with van der Waals surface area (Å²) in [6, 6.07) is 3.23. The second-order valence-electron chi connectivity index (χ2n) is 2.69. The number of hydrogen-bond donors (Lipinski definition) is 1. The van der Waals surface area contributed by atoms with Gasteiger partial charge in [0.05, 0.1) is 17.0 Å². The van der Waals surface area contributed by atoms with Crippen LogP contribution in [0.15, 0.2) is 33.9 Å². The smallest absolute Gasteiger partial charge is 0.235 e. The van der Waals surface area contributed by atoms with Crippen LogP contribution in [0.25, 0.3) is 0 Å². The van der Waals surface area contributed by atoms with Gasteiger partial charge in [-0.2, -0.15) is 0 Å². The summed E-state index contributed by atoms with van der Waals surface area (Å²) in [5.74, 6) is 0.338. The molecule has 5 heteroatoms. The first-order valence-electron chi connectivity index (χ1n) is 3.98. The molecule has 0 saturated carbocycles. The van der Waals surface area contributed by atoms with E-state index in [9.17, 15) is 9.59 Å². The average molecular weight is 209 g/mol. The van der Waals surface area contributed by atoms with Gasteiger partial charge < -0.3 is 9.73 Å². The molecule has 1 aliphatic rings. The molecule has 0 bridgehead atoms. The van der Waals surface area contributed by atoms with Gasteiger partial charge in [0.25, 0.3) is 0 Å². The molecule has 1 aliphatic heterocycles. The molecule has 0 radical (unpaired) electrons. The van der Waals surface area contributed by atoms with Crippen LogP contribution in [0, 0.1) is 0 Å². The molecule has 1 N–H and O–H groups in total. The Labute approximate surface area is 84.4 Å². The zero-order valence-electron chi connectivity index (χ0n) is 7.15. The summed E-state index contributed by atoms with van der Waals surface area (Å²) in [5, 5.41) is 3.15. The van der Waals surface area contributed by atoms with Crippen molar-refractivity contribution in [3.63, 3.8) is 0 Å². The number of amides is 1. The highest BCUT2D eigenvalue weighted by Gasteiger charge is 2.17. The molecule has 1 aromatic heterocycles. The fraction of sp³-hybridized carbons (Fsp3) is 0.111. The molecule has 1 amide bonds.